The van der Waals surface area contributed by atoms with Crippen molar-refractivity contribution in [3.8, 4) is 0 Å². The SMILES string of the molecule is CC(=O)N1CC(=O)[N]C1=O. The van der Waals surface area contributed by atoms with Crippen molar-refractivity contribution in [2.24, 2.45) is 0 Å². The molecule has 1 rings (SSSR count). The van der Waals surface area contributed by atoms with Gasteiger partial charge >= 0.3 is 6.03 Å². The number of imide groups is 2. The highest BCUT2D eigenvalue weighted by Crippen LogP contribution is 1.98. The molecule has 0 unspecified atom stereocenters. The maximum absolute atomic E-state index is 10.5. The number of rotatable bonds is 0. The monoisotopic (exact) mass is 141 g/mol. The molecule has 0 aliphatic carbocycles. The fourth-order valence-corrected chi connectivity index (χ4v) is 0.651. The second-order valence-electron chi connectivity index (χ2n) is 1.89. The first kappa shape index (κ1) is 6.73. The van der Waals surface area contributed by atoms with Gasteiger partial charge in [-0.15, -0.1) is 0 Å². The molecule has 1 fully saturated rings. The summed E-state index contributed by atoms with van der Waals surface area (Å²) < 4.78 is 0. The molecular formula is C5H5N2O3. The average Bonchev–Trinajstić information content (AvgIpc) is 2.10. The first-order valence-electron chi connectivity index (χ1n) is 2.68. The largest absolute Gasteiger partial charge is 0.353 e. The number of nitrogens with zero attached hydrogens (tertiary/aromatic N) is 2. The third kappa shape index (κ3) is 0.975. The fraction of sp³-hybridized carbons (Fsp3) is 0.400. The van der Waals surface area contributed by atoms with E-state index in [1.165, 1.54) is 6.92 Å². The Morgan fingerprint density at radius 2 is 2.20 bits per heavy atom. The Kier molecular flexibility index (Phi) is 1.41. The lowest BCUT2D eigenvalue weighted by Crippen LogP contribution is -2.30. The molecule has 0 atom stereocenters. The van der Waals surface area contributed by atoms with Crippen LogP contribution in [0.4, 0.5) is 4.79 Å². The smallest absolute Gasteiger partial charge is 0.275 e. The summed E-state index contributed by atoms with van der Waals surface area (Å²) in [6.07, 6.45) is 0. The Bertz CT molecular complexity index is 211. The van der Waals surface area contributed by atoms with E-state index in [-0.39, 0.29) is 6.54 Å². The Morgan fingerprint density at radius 1 is 1.60 bits per heavy atom. The molecule has 5 heteroatoms. The van der Waals surface area contributed by atoms with Crippen molar-refractivity contribution in [1.82, 2.24) is 10.2 Å². The minimum absolute atomic E-state index is 0.200. The summed E-state index contributed by atoms with van der Waals surface area (Å²) in [6.45, 7) is 1.01. The number of hydrogen-bond donors (Lipinski definition) is 0. The minimum Gasteiger partial charge on any atom is -0.275 e. The van der Waals surface area contributed by atoms with Gasteiger partial charge in [0.1, 0.15) is 6.54 Å². The van der Waals surface area contributed by atoms with E-state index in [0.717, 1.165) is 4.90 Å². The lowest BCUT2D eigenvalue weighted by Gasteiger charge is -2.04. The number of carbonyl (C=O) groups excluding carboxylic acids is 3. The maximum Gasteiger partial charge on any atom is 0.353 e. The summed E-state index contributed by atoms with van der Waals surface area (Å²) in [5, 5.41) is 3.02. The van der Waals surface area contributed by atoms with E-state index >= 15 is 0 Å². The number of hydrogen-bond acceptors (Lipinski definition) is 3. The van der Waals surface area contributed by atoms with Gasteiger partial charge in [-0.3, -0.25) is 14.5 Å². The molecule has 1 aliphatic rings. The van der Waals surface area contributed by atoms with Gasteiger partial charge in [0.2, 0.25) is 5.91 Å². The molecule has 0 spiro atoms. The third-order valence-corrected chi connectivity index (χ3v) is 1.12. The van der Waals surface area contributed by atoms with Crippen molar-refractivity contribution in [2.45, 2.75) is 6.92 Å². The van der Waals surface area contributed by atoms with Gasteiger partial charge in [0.15, 0.2) is 0 Å². The summed E-state index contributed by atoms with van der Waals surface area (Å²) in [5.74, 6) is -1.00. The highest BCUT2D eigenvalue weighted by atomic mass is 16.2. The first-order chi connectivity index (χ1) is 4.61. The summed E-state index contributed by atoms with van der Waals surface area (Å²) in [6, 6.07) is -0.752. The van der Waals surface area contributed by atoms with Crippen LogP contribution in [-0.4, -0.2) is 29.3 Å². The van der Waals surface area contributed by atoms with Crippen molar-refractivity contribution < 1.29 is 14.4 Å². The second-order valence-corrected chi connectivity index (χ2v) is 1.89. The molecular weight excluding hydrogens is 136 g/mol. The minimum atomic E-state index is -0.752. The molecule has 0 aromatic rings. The van der Waals surface area contributed by atoms with E-state index in [1.807, 2.05) is 0 Å². The molecule has 1 saturated heterocycles. The highest BCUT2D eigenvalue weighted by molar-refractivity contribution is 6.09. The summed E-state index contributed by atoms with van der Waals surface area (Å²) in [7, 11) is 0. The van der Waals surface area contributed by atoms with Crippen molar-refractivity contribution >= 4 is 17.8 Å². The first-order valence-corrected chi connectivity index (χ1v) is 2.68. The summed E-state index contributed by atoms with van der Waals surface area (Å²) in [4.78, 5) is 32.2. The van der Waals surface area contributed by atoms with Crippen LogP contribution in [0, 0.1) is 0 Å². The zero-order valence-electron chi connectivity index (χ0n) is 5.33. The summed E-state index contributed by atoms with van der Waals surface area (Å²) >= 11 is 0. The summed E-state index contributed by atoms with van der Waals surface area (Å²) in [5.41, 5.74) is 0. The van der Waals surface area contributed by atoms with Gasteiger partial charge in [0.05, 0.1) is 0 Å². The van der Waals surface area contributed by atoms with Crippen LogP contribution in [0.5, 0.6) is 0 Å². The van der Waals surface area contributed by atoms with Crippen LogP contribution in [0.3, 0.4) is 0 Å². The molecule has 1 aliphatic heterocycles. The van der Waals surface area contributed by atoms with Crippen LogP contribution >= 0.6 is 0 Å². The average molecular weight is 141 g/mol. The molecule has 0 aromatic heterocycles. The topological polar surface area (TPSA) is 68.6 Å². The van der Waals surface area contributed by atoms with Crippen LogP contribution in [0.15, 0.2) is 0 Å². The molecule has 0 bridgehead atoms. The zero-order chi connectivity index (χ0) is 7.72. The number of amides is 4. The fourth-order valence-electron chi connectivity index (χ4n) is 0.651. The van der Waals surface area contributed by atoms with E-state index in [2.05, 4.69) is 5.32 Å². The van der Waals surface area contributed by atoms with Gasteiger partial charge in [-0.05, 0) is 0 Å². The molecule has 1 heterocycles. The lowest BCUT2D eigenvalue weighted by atomic mass is 10.5. The van der Waals surface area contributed by atoms with Gasteiger partial charge in [0, 0.05) is 6.92 Å². The van der Waals surface area contributed by atoms with Crippen LogP contribution < -0.4 is 5.32 Å². The lowest BCUT2D eigenvalue weighted by molar-refractivity contribution is -0.128. The van der Waals surface area contributed by atoms with Crippen molar-refractivity contribution in [2.75, 3.05) is 6.54 Å². The predicted molar refractivity (Wildman–Crippen MR) is 29.9 cm³/mol. The van der Waals surface area contributed by atoms with E-state index < -0.39 is 17.8 Å². The van der Waals surface area contributed by atoms with Gasteiger partial charge in [-0.25, -0.2) is 4.79 Å². The molecule has 1 radical (unpaired) electrons. The van der Waals surface area contributed by atoms with E-state index in [1.54, 1.807) is 0 Å². The molecule has 10 heavy (non-hydrogen) atoms. The Balaban J connectivity index is 2.72. The highest BCUT2D eigenvalue weighted by Gasteiger charge is 2.31. The zero-order valence-corrected chi connectivity index (χ0v) is 5.33. The van der Waals surface area contributed by atoms with Crippen molar-refractivity contribution in [1.29, 1.82) is 0 Å². The van der Waals surface area contributed by atoms with Gasteiger partial charge < -0.3 is 0 Å². The maximum atomic E-state index is 10.5. The van der Waals surface area contributed by atoms with Crippen LogP contribution in [-0.2, 0) is 9.59 Å². The molecule has 53 valence electrons. The molecule has 0 aromatic carbocycles. The van der Waals surface area contributed by atoms with Crippen LogP contribution in [0.25, 0.3) is 0 Å². The van der Waals surface area contributed by atoms with Gasteiger partial charge in [-0.1, -0.05) is 0 Å². The molecule has 5 nitrogen and oxygen atoms in total. The Labute approximate surface area is 57.0 Å². The van der Waals surface area contributed by atoms with Crippen LogP contribution in [0.2, 0.25) is 0 Å². The van der Waals surface area contributed by atoms with Crippen molar-refractivity contribution in [3.63, 3.8) is 0 Å². The second kappa shape index (κ2) is 2.09. The molecule has 4 amide bonds. The van der Waals surface area contributed by atoms with E-state index in [0.29, 0.717) is 0 Å². The van der Waals surface area contributed by atoms with E-state index in [9.17, 15) is 14.4 Å². The number of carbonyl (C=O) groups is 3. The van der Waals surface area contributed by atoms with Crippen LogP contribution in [0.1, 0.15) is 6.92 Å². The predicted octanol–water partition coefficient (Wildman–Crippen LogP) is -0.900. The van der Waals surface area contributed by atoms with Gasteiger partial charge in [-0.2, -0.15) is 5.32 Å². The standard InChI is InChI=1S/C5H5N2O3/c1-3(8)7-2-4(9)6-5(7)10/h2H2,1H3. The van der Waals surface area contributed by atoms with E-state index in [4.69, 9.17) is 0 Å². The Hall–Kier alpha value is -1.39. The Morgan fingerprint density at radius 3 is 2.40 bits per heavy atom. The molecule has 0 N–H and O–H groups in total. The van der Waals surface area contributed by atoms with Gasteiger partial charge in [0.25, 0.3) is 5.91 Å². The number of urea groups is 1. The molecule has 0 saturated carbocycles. The third-order valence-electron chi connectivity index (χ3n) is 1.12. The quantitative estimate of drug-likeness (QED) is 0.410. The van der Waals surface area contributed by atoms with Crippen molar-refractivity contribution in [3.05, 3.63) is 0 Å². The normalized spacial score (nSPS) is 17.5.